The molecule has 1 fully saturated rings. The summed E-state index contributed by atoms with van der Waals surface area (Å²) < 4.78 is 1.89. The largest absolute Gasteiger partial charge is 0.325 e. The maximum atomic E-state index is 13.5. The minimum Gasteiger partial charge on any atom is -0.325 e. The summed E-state index contributed by atoms with van der Waals surface area (Å²) >= 11 is 19.7. The fourth-order valence-electron chi connectivity index (χ4n) is 3.92. The van der Waals surface area contributed by atoms with Gasteiger partial charge < -0.3 is 5.32 Å². The number of halogens is 2. The number of aromatic nitrogens is 2. The lowest BCUT2D eigenvalue weighted by Crippen LogP contribution is -2.31. The molecule has 2 amide bonds. The number of benzene rings is 3. The highest BCUT2D eigenvalue weighted by Gasteiger charge is 2.32. The summed E-state index contributed by atoms with van der Waals surface area (Å²) in [5, 5.41) is 4.38. The van der Waals surface area contributed by atoms with Gasteiger partial charge in [0.1, 0.15) is 4.32 Å². The van der Waals surface area contributed by atoms with E-state index in [2.05, 4.69) is 10.3 Å². The molecule has 0 saturated carbocycles. The molecule has 0 spiro atoms. The van der Waals surface area contributed by atoms with Crippen LogP contribution in [-0.2, 0) is 9.59 Å². The van der Waals surface area contributed by atoms with Crippen molar-refractivity contribution in [2.45, 2.75) is 11.6 Å². The second-order valence-corrected chi connectivity index (χ2v) is 12.1. The average molecular weight is 628 g/mol. The highest BCUT2D eigenvalue weighted by atomic mass is 35.5. The first-order valence-electron chi connectivity index (χ1n) is 12.0. The molecule has 2 heterocycles. The number of carbonyl (C=O) groups is 3. The van der Waals surface area contributed by atoms with Crippen LogP contribution in [0.2, 0.25) is 10.0 Å². The fourth-order valence-corrected chi connectivity index (χ4v) is 6.31. The zero-order valence-electron chi connectivity index (χ0n) is 20.7. The predicted molar refractivity (Wildman–Crippen MR) is 167 cm³/mol. The van der Waals surface area contributed by atoms with Gasteiger partial charge in [0.05, 0.1) is 21.7 Å². The van der Waals surface area contributed by atoms with Gasteiger partial charge in [0.2, 0.25) is 11.8 Å². The number of thioether (sulfide) groups is 2. The Morgan fingerprint density at radius 3 is 2.40 bits per heavy atom. The van der Waals surface area contributed by atoms with Gasteiger partial charge in [0.25, 0.3) is 5.91 Å². The Morgan fingerprint density at radius 1 is 1.00 bits per heavy atom. The van der Waals surface area contributed by atoms with Crippen LogP contribution in [0.4, 0.5) is 5.69 Å². The van der Waals surface area contributed by atoms with E-state index in [1.54, 1.807) is 54.6 Å². The van der Waals surface area contributed by atoms with Gasteiger partial charge in [-0.1, -0.05) is 83.2 Å². The zero-order valence-corrected chi connectivity index (χ0v) is 24.6. The van der Waals surface area contributed by atoms with Crippen LogP contribution >= 0.6 is 58.9 Å². The highest BCUT2D eigenvalue weighted by molar-refractivity contribution is 8.26. The summed E-state index contributed by atoms with van der Waals surface area (Å²) in [6, 6.07) is 21.2. The second-order valence-electron chi connectivity index (χ2n) is 8.59. The van der Waals surface area contributed by atoms with Crippen LogP contribution in [0.5, 0.6) is 0 Å². The number of carbonyl (C=O) groups excluding carboxylic acids is 3. The third-order valence-electron chi connectivity index (χ3n) is 5.83. The number of amides is 2. The van der Waals surface area contributed by atoms with E-state index in [0.29, 0.717) is 41.1 Å². The number of rotatable bonds is 8. The molecule has 1 aliphatic rings. The first-order chi connectivity index (χ1) is 19.3. The Bertz CT molecular complexity index is 1650. The molecule has 1 aliphatic heterocycles. The van der Waals surface area contributed by atoms with Crippen molar-refractivity contribution < 1.29 is 14.4 Å². The summed E-state index contributed by atoms with van der Waals surface area (Å²) in [4.78, 5) is 45.6. The van der Waals surface area contributed by atoms with Gasteiger partial charge in [-0.2, -0.15) is 0 Å². The van der Waals surface area contributed by atoms with Crippen molar-refractivity contribution in [3.8, 4) is 0 Å². The summed E-state index contributed by atoms with van der Waals surface area (Å²) in [5.74, 6) is -0.709. The second kappa shape index (κ2) is 12.6. The van der Waals surface area contributed by atoms with Crippen LogP contribution < -0.4 is 5.32 Å². The highest BCUT2D eigenvalue weighted by Crippen LogP contribution is 2.33. The quantitative estimate of drug-likeness (QED) is 0.128. The number of anilines is 1. The molecular formula is C28H20Cl2N4O3S3. The van der Waals surface area contributed by atoms with Crippen LogP contribution in [0.3, 0.4) is 0 Å². The van der Waals surface area contributed by atoms with E-state index in [1.807, 2.05) is 24.3 Å². The average Bonchev–Trinajstić information content (AvgIpc) is 3.44. The lowest BCUT2D eigenvalue weighted by molar-refractivity contribution is -0.122. The molecule has 202 valence electrons. The van der Waals surface area contributed by atoms with Crippen molar-refractivity contribution in [2.24, 2.45) is 0 Å². The van der Waals surface area contributed by atoms with Gasteiger partial charge in [-0.25, -0.2) is 4.98 Å². The summed E-state index contributed by atoms with van der Waals surface area (Å²) in [5.41, 5.74) is 2.70. The van der Waals surface area contributed by atoms with E-state index >= 15 is 0 Å². The Hall–Kier alpha value is -3.15. The van der Waals surface area contributed by atoms with Crippen LogP contribution in [0.15, 0.2) is 82.9 Å². The molecule has 0 aliphatic carbocycles. The Morgan fingerprint density at radius 2 is 1.68 bits per heavy atom. The third kappa shape index (κ3) is 6.59. The van der Waals surface area contributed by atoms with Gasteiger partial charge >= 0.3 is 0 Å². The van der Waals surface area contributed by atoms with Gasteiger partial charge in [-0.3, -0.25) is 23.9 Å². The zero-order chi connectivity index (χ0) is 28.2. The van der Waals surface area contributed by atoms with Crippen molar-refractivity contribution in [1.29, 1.82) is 0 Å². The molecule has 7 nitrogen and oxygen atoms in total. The van der Waals surface area contributed by atoms with Crippen LogP contribution in [0, 0.1) is 0 Å². The van der Waals surface area contributed by atoms with E-state index in [0.717, 1.165) is 17.3 Å². The number of thiocarbonyl (C=S) groups is 1. The number of nitrogens with one attached hydrogen (secondary N) is 1. The number of hydrogen-bond acceptors (Lipinski definition) is 7. The molecule has 0 atom stereocenters. The number of nitrogens with zero attached hydrogens (tertiary/aromatic N) is 3. The van der Waals surface area contributed by atoms with E-state index in [-0.39, 0.29) is 36.4 Å². The molecule has 12 heteroatoms. The van der Waals surface area contributed by atoms with Crippen molar-refractivity contribution in [1.82, 2.24) is 14.5 Å². The predicted octanol–water partition coefficient (Wildman–Crippen LogP) is 7.01. The normalized spacial score (nSPS) is 14.3. The molecule has 3 aromatic carbocycles. The van der Waals surface area contributed by atoms with Crippen LogP contribution in [0.1, 0.15) is 16.8 Å². The van der Waals surface area contributed by atoms with Gasteiger partial charge in [0, 0.05) is 28.7 Å². The summed E-state index contributed by atoms with van der Waals surface area (Å²) in [7, 11) is 0. The van der Waals surface area contributed by atoms with E-state index in [4.69, 9.17) is 35.4 Å². The SMILES string of the molecule is O=C(CSc1nc2ccccc2n1C(=O)CCN1C(=O)C(=Cc2ccc(Cl)cc2)SC1=S)Nc1ccc(Cl)cc1. The summed E-state index contributed by atoms with van der Waals surface area (Å²) in [6.07, 6.45) is 1.77. The van der Waals surface area contributed by atoms with Crippen molar-refractivity contribution in [3.63, 3.8) is 0 Å². The van der Waals surface area contributed by atoms with Crippen molar-refractivity contribution in [2.75, 3.05) is 17.6 Å². The lowest BCUT2D eigenvalue weighted by atomic mass is 10.2. The van der Waals surface area contributed by atoms with E-state index in [1.165, 1.54) is 21.2 Å². The maximum absolute atomic E-state index is 13.5. The van der Waals surface area contributed by atoms with Crippen molar-refractivity contribution in [3.05, 3.63) is 93.3 Å². The molecule has 40 heavy (non-hydrogen) atoms. The molecule has 0 unspecified atom stereocenters. The smallest absolute Gasteiger partial charge is 0.266 e. The molecule has 1 saturated heterocycles. The first-order valence-corrected chi connectivity index (χ1v) is 14.9. The molecule has 1 N–H and O–H groups in total. The van der Waals surface area contributed by atoms with Crippen molar-refractivity contribution >= 4 is 104 Å². The number of hydrogen-bond donors (Lipinski definition) is 1. The minimum absolute atomic E-state index is 0.0194. The topological polar surface area (TPSA) is 84.3 Å². The van der Waals surface area contributed by atoms with E-state index in [9.17, 15) is 14.4 Å². The molecule has 1 aromatic heterocycles. The first kappa shape index (κ1) is 28.4. The fraction of sp³-hybridized carbons (Fsp3) is 0.107. The minimum atomic E-state index is -0.259. The van der Waals surface area contributed by atoms with Gasteiger partial charge in [0.15, 0.2) is 5.16 Å². The van der Waals surface area contributed by atoms with Gasteiger partial charge in [-0.05, 0) is 60.2 Å². The monoisotopic (exact) mass is 626 g/mol. The number of fused-ring (bicyclic) bond motifs is 1. The Kier molecular flexibility index (Phi) is 8.92. The molecule has 4 aromatic rings. The third-order valence-corrected chi connectivity index (χ3v) is 8.65. The Labute approximate surface area is 253 Å². The molecule has 5 rings (SSSR count). The Balaban J connectivity index is 1.27. The standard InChI is InChI=1S/C28H20Cl2N4O3S3/c29-18-7-5-17(6-8-18)15-23-26(37)33(28(38)40-23)14-13-25(36)34-22-4-2-1-3-21(22)32-27(34)39-16-24(35)31-20-11-9-19(30)10-12-20/h1-12,15H,13-14,16H2,(H,31,35). The number of imidazole rings is 1. The van der Waals surface area contributed by atoms with Crippen LogP contribution in [0.25, 0.3) is 17.1 Å². The number of para-hydroxylation sites is 2. The van der Waals surface area contributed by atoms with E-state index < -0.39 is 0 Å². The molecule has 0 radical (unpaired) electrons. The molecule has 0 bridgehead atoms. The summed E-state index contributed by atoms with van der Waals surface area (Å²) in [6.45, 7) is 0.120. The van der Waals surface area contributed by atoms with Crippen LogP contribution in [-0.4, -0.2) is 48.8 Å². The van der Waals surface area contributed by atoms with Gasteiger partial charge in [-0.15, -0.1) is 0 Å². The maximum Gasteiger partial charge on any atom is 0.266 e. The molecular weight excluding hydrogens is 607 g/mol. The lowest BCUT2D eigenvalue weighted by Gasteiger charge is -2.15.